The van der Waals surface area contributed by atoms with Gasteiger partial charge < -0.3 is 20.2 Å². The first-order valence-corrected chi connectivity index (χ1v) is 24.1. The molecule has 3 heterocycles. The number of nitro groups is 1. The summed E-state index contributed by atoms with van der Waals surface area (Å²) in [6, 6.07) is 35.5. The Balaban J connectivity index is 0.928. The fourth-order valence-electron chi connectivity index (χ4n) is 8.31. The molecule has 8 rings (SSSR count). The zero-order valence-electron chi connectivity index (χ0n) is 35.1. The Morgan fingerprint density at radius 3 is 2.34 bits per heavy atom. The number of anilines is 3. The second kappa shape index (κ2) is 20.4. The smallest absolute Gasteiger partial charge is 0.306 e. The molecule has 2 aliphatic rings. The van der Waals surface area contributed by atoms with Gasteiger partial charge in [-0.3, -0.25) is 24.5 Å². The van der Waals surface area contributed by atoms with Crippen molar-refractivity contribution >= 4 is 73.1 Å². The van der Waals surface area contributed by atoms with Gasteiger partial charge in [-0.2, -0.15) is 0 Å². The van der Waals surface area contributed by atoms with Crippen LogP contribution in [-0.2, 0) is 21.4 Å². The Hall–Kier alpha value is -5.78. The number of rotatable bonds is 17. The van der Waals surface area contributed by atoms with Crippen molar-refractivity contribution in [1.29, 1.82) is 0 Å². The van der Waals surface area contributed by atoms with Crippen molar-refractivity contribution in [2.75, 3.05) is 66.5 Å². The molecule has 0 aliphatic carbocycles. The predicted octanol–water partition coefficient (Wildman–Crippen LogP) is 8.74. The number of halogens is 1. The summed E-state index contributed by atoms with van der Waals surface area (Å²) < 4.78 is 30.3. The SMILES string of the molecule is O=C(O)C1CCN(CCC(CSc2ccccc2)Nc2ccc(S(=O)(=O)Nc3ncnc4cc(N5CCN(Cc6ccccc6-c6ccc(Cl)cc6)CC5)ccc34)cc2[N+](=O)[O-])CC1. The van der Waals surface area contributed by atoms with Crippen molar-refractivity contribution in [1.82, 2.24) is 19.8 Å². The van der Waals surface area contributed by atoms with Crippen LogP contribution in [0.15, 0.2) is 131 Å². The molecule has 1 aromatic heterocycles. The molecule has 0 bridgehead atoms. The number of aliphatic carboxylic acids is 1. The molecule has 14 nitrogen and oxygen atoms in total. The fourth-order valence-corrected chi connectivity index (χ4v) is 10.5. The maximum atomic E-state index is 13.9. The van der Waals surface area contributed by atoms with Crippen molar-refractivity contribution in [2.45, 2.75) is 41.6 Å². The van der Waals surface area contributed by atoms with Gasteiger partial charge in [-0.05, 0) is 104 Å². The number of hydrogen-bond acceptors (Lipinski definition) is 12. The van der Waals surface area contributed by atoms with Crippen LogP contribution < -0.4 is 14.9 Å². The molecule has 17 heteroatoms. The van der Waals surface area contributed by atoms with Crippen LogP contribution in [0, 0.1) is 16.0 Å². The van der Waals surface area contributed by atoms with Crippen LogP contribution in [0.2, 0.25) is 5.02 Å². The molecule has 64 heavy (non-hydrogen) atoms. The number of piperidine rings is 1. The van der Waals surface area contributed by atoms with Gasteiger partial charge in [0, 0.05) is 78.1 Å². The van der Waals surface area contributed by atoms with Crippen LogP contribution >= 0.6 is 23.4 Å². The van der Waals surface area contributed by atoms with Crippen LogP contribution in [0.5, 0.6) is 0 Å². The molecule has 1 unspecified atom stereocenters. The van der Waals surface area contributed by atoms with E-state index in [-0.39, 0.29) is 34.0 Å². The maximum Gasteiger partial charge on any atom is 0.306 e. The number of aromatic nitrogens is 2. The van der Waals surface area contributed by atoms with E-state index < -0.39 is 20.9 Å². The van der Waals surface area contributed by atoms with Gasteiger partial charge in [0.05, 0.1) is 21.3 Å². The Bertz CT molecular complexity index is 2700. The van der Waals surface area contributed by atoms with Crippen molar-refractivity contribution in [3.63, 3.8) is 0 Å². The number of nitrogens with zero attached hydrogens (tertiary/aromatic N) is 6. The van der Waals surface area contributed by atoms with E-state index in [1.165, 1.54) is 29.6 Å². The highest BCUT2D eigenvalue weighted by Gasteiger charge is 2.27. The molecule has 1 atom stereocenters. The number of carboxylic acids is 1. The third-order valence-electron chi connectivity index (χ3n) is 11.9. The normalized spacial score (nSPS) is 15.8. The minimum atomic E-state index is -4.32. The van der Waals surface area contributed by atoms with Crippen LogP contribution in [0.3, 0.4) is 0 Å². The van der Waals surface area contributed by atoms with Crippen molar-refractivity contribution in [3.05, 3.63) is 142 Å². The molecule has 6 aromatic rings. The average Bonchev–Trinajstić information content (AvgIpc) is 3.31. The van der Waals surface area contributed by atoms with E-state index in [1.807, 2.05) is 66.7 Å². The number of fused-ring (bicyclic) bond motifs is 1. The van der Waals surface area contributed by atoms with E-state index in [0.29, 0.717) is 60.6 Å². The molecule has 2 fully saturated rings. The molecular weight excluding hydrogens is 872 g/mol. The monoisotopic (exact) mass is 920 g/mol. The molecule has 0 amide bonds. The van der Waals surface area contributed by atoms with E-state index in [2.05, 4.69) is 59.0 Å². The number of nitro benzene ring substituents is 1. The Morgan fingerprint density at radius 2 is 1.61 bits per heavy atom. The Labute approximate surface area is 381 Å². The lowest BCUT2D eigenvalue weighted by atomic mass is 9.97. The number of piperazine rings is 1. The summed E-state index contributed by atoms with van der Waals surface area (Å²) in [4.78, 5) is 39.8. The number of sulfonamides is 1. The third-order valence-corrected chi connectivity index (χ3v) is 14.7. The van der Waals surface area contributed by atoms with Gasteiger partial charge in [-0.1, -0.05) is 66.2 Å². The van der Waals surface area contributed by atoms with E-state index in [0.717, 1.165) is 54.9 Å². The lowest BCUT2D eigenvalue weighted by molar-refractivity contribution is -0.384. The molecule has 3 N–H and O–H groups in total. The topological polar surface area (TPSA) is 174 Å². The molecule has 0 spiro atoms. The first kappa shape index (κ1) is 44.8. The molecule has 2 aliphatic heterocycles. The zero-order chi connectivity index (χ0) is 44.6. The fraction of sp³-hybridized carbons (Fsp3) is 0.298. The van der Waals surface area contributed by atoms with E-state index in [9.17, 15) is 28.4 Å². The van der Waals surface area contributed by atoms with Crippen molar-refractivity contribution < 1.29 is 23.2 Å². The summed E-state index contributed by atoms with van der Waals surface area (Å²) in [5.41, 5.74) is 4.92. The number of thioether (sulfide) groups is 1. The summed E-state index contributed by atoms with van der Waals surface area (Å²) in [6.45, 7) is 6.12. The molecule has 332 valence electrons. The predicted molar refractivity (Wildman–Crippen MR) is 254 cm³/mol. The van der Waals surface area contributed by atoms with Crippen LogP contribution in [0.4, 0.5) is 22.9 Å². The summed E-state index contributed by atoms with van der Waals surface area (Å²) in [5.74, 6) is -0.450. The van der Waals surface area contributed by atoms with Crippen LogP contribution in [0.1, 0.15) is 24.8 Å². The first-order valence-electron chi connectivity index (χ1n) is 21.3. The molecule has 2 saturated heterocycles. The number of nitrogens with one attached hydrogen (secondary N) is 2. The Kier molecular flexibility index (Phi) is 14.3. The van der Waals surface area contributed by atoms with E-state index in [4.69, 9.17) is 11.6 Å². The van der Waals surface area contributed by atoms with Gasteiger partial charge in [0.25, 0.3) is 15.7 Å². The van der Waals surface area contributed by atoms with E-state index in [1.54, 1.807) is 17.8 Å². The highest BCUT2D eigenvalue weighted by molar-refractivity contribution is 7.99. The lowest BCUT2D eigenvalue weighted by Gasteiger charge is -2.36. The van der Waals surface area contributed by atoms with Gasteiger partial charge in [0.1, 0.15) is 12.0 Å². The van der Waals surface area contributed by atoms with Crippen LogP contribution in [0.25, 0.3) is 22.0 Å². The number of carbonyl (C=O) groups is 1. The summed E-state index contributed by atoms with van der Waals surface area (Å²) >= 11 is 7.76. The number of carboxylic acid groups (broad SMARTS) is 1. The van der Waals surface area contributed by atoms with Crippen LogP contribution in [-0.4, -0.2) is 102 Å². The minimum Gasteiger partial charge on any atom is -0.481 e. The summed E-state index contributed by atoms with van der Waals surface area (Å²) in [7, 11) is -4.32. The van der Waals surface area contributed by atoms with E-state index >= 15 is 0 Å². The third kappa shape index (κ3) is 11.1. The highest BCUT2D eigenvalue weighted by Crippen LogP contribution is 2.33. The van der Waals surface area contributed by atoms with Crippen molar-refractivity contribution in [2.24, 2.45) is 5.92 Å². The first-order chi connectivity index (χ1) is 31.0. The van der Waals surface area contributed by atoms with Gasteiger partial charge in [0.15, 0.2) is 5.82 Å². The molecule has 0 saturated carbocycles. The average molecular weight is 922 g/mol. The summed E-state index contributed by atoms with van der Waals surface area (Å²) in [6.07, 6.45) is 3.10. The number of likely N-dealkylation sites (tertiary alicyclic amines) is 1. The highest BCUT2D eigenvalue weighted by atomic mass is 35.5. The van der Waals surface area contributed by atoms with Gasteiger partial charge in [-0.15, -0.1) is 11.8 Å². The lowest BCUT2D eigenvalue weighted by Crippen LogP contribution is -2.46. The molecule has 0 radical (unpaired) electrons. The summed E-state index contributed by atoms with van der Waals surface area (Å²) in [5, 5.41) is 26.4. The molecular formula is C47H49ClN8O6S2. The van der Waals surface area contributed by atoms with Gasteiger partial charge >= 0.3 is 5.97 Å². The zero-order valence-corrected chi connectivity index (χ0v) is 37.4. The standard InChI is InChI=1S/C47H49ClN8O6S2/c48-36-12-10-33(11-13-36)41-9-5-4-6-35(41)30-54-24-26-55(27-25-54)38-14-16-42-44(28-38)49-32-50-46(42)52-64(61,62)40-15-17-43(45(29-40)56(59)60)51-37(31-63-39-7-2-1-3-8-39)20-23-53-21-18-34(19-22-53)47(57)58/h1-17,28-29,32,34,37,51H,18-27,30-31H2,(H,57,58)(H,49,50,52). The largest absolute Gasteiger partial charge is 0.481 e. The number of hydrogen-bond donors (Lipinski definition) is 3. The maximum absolute atomic E-state index is 13.9. The second-order valence-electron chi connectivity index (χ2n) is 16.1. The van der Waals surface area contributed by atoms with Gasteiger partial charge in [-0.25, -0.2) is 18.4 Å². The minimum absolute atomic E-state index is 0.0657. The molecule has 5 aromatic carbocycles. The number of benzene rings is 5. The van der Waals surface area contributed by atoms with Gasteiger partial charge in [0.2, 0.25) is 0 Å². The quantitative estimate of drug-likeness (QED) is 0.0451. The Morgan fingerprint density at radius 1 is 0.875 bits per heavy atom. The second-order valence-corrected chi connectivity index (χ2v) is 19.3. The van der Waals surface area contributed by atoms with Crippen molar-refractivity contribution in [3.8, 4) is 11.1 Å².